The highest BCUT2D eigenvalue weighted by Gasteiger charge is 2.24. The van der Waals surface area contributed by atoms with Gasteiger partial charge in [0, 0.05) is 0 Å². The van der Waals surface area contributed by atoms with E-state index in [0.29, 0.717) is 0 Å². The van der Waals surface area contributed by atoms with Crippen LogP contribution in [0.1, 0.15) is 63.8 Å². The maximum Gasteiger partial charge on any atom is -0.00199 e. The number of fused-ring (bicyclic) bond motifs is 10. The van der Waals surface area contributed by atoms with Crippen molar-refractivity contribution in [1.29, 1.82) is 0 Å². The molecule has 12 aromatic carbocycles. The quantitative estimate of drug-likeness (QED) is 0.156. The van der Waals surface area contributed by atoms with Crippen LogP contribution in [0.2, 0.25) is 0 Å². The van der Waals surface area contributed by atoms with Crippen LogP contribution < -0.4 is 0 Å². The van der Waals surface area contributed by atoms with Crippen molar-refractivity contribution < 1.29 is 0 Å². The van der Waals surface area contributed by atoms with Crippen LogP contribution in [-0.4, -0.2) is 0 Å². The van der Waals surface area contributed by atoms with Crippen LogP contribution in [0.25, 0.3) is 120 Å². The lowest BCUT2D eigenvalue weighted by Crippen LogP contribution is -2.11. The molecule has 0 spiro atoms. The van der Waals surface area contributed by atoms with E-state index in [1.54, 1.807) is 0 Å². The molecule has 0 nitrogen and oxygen atoms in total. The van der Waals surface area contributed by atoms with Crippen LogP contribution in [0.5, 0.6) is 0 Å². The zero-order chi connectivity index (χ0) is 42.4. The molecule has 12 rings (SSSR count). The zero-order valence-electron chi connectivity index (χ0n) is 37.0. The van der Waals surface area contributed by atoms with E-state index in [-0.39, 0.29) is 10.8 Å². The molecule has 0 heterocycles. The first-order valence-electron chi connectivity index (χ1n) is 22.3. The predicted octanol–water partition coefficient (Wildman–Crippen LogP) is 18.0. The smallest absolute Gasteiger partial charge is 0.00199 e. The summed E-state index contributed by atoms with van der Waals surface area (Å²) in [6.07, 6.45) is 0. The Morgan fingerprint density at radius 2 is 0.726 bits per heavy atom. The summed E-state index contributed by atoms with van der Waals surface area (Å²) in [4.78, 5) is 0. The molecule has 0 aliphatic rings. The second kappa shape index (κ2) is 12.9. The fourth-order valence-corrected chi connectivity index (χ4v) is 11.2. The molecule has 0 heteroatoms. The number of hydrogen-bond donors (Lipinski definition) is 0. The molecule has 0 N–H and O–H groups in total. The Morgan fingerprint density at radius 3 is 1.39 bits per heavy atom. The van der Waals surface area contributed by atoms with Gasteiger partial charge in [-0.1, -0.05) is 169 Å². The van der Waals surface area contributed by atoms with E-state index in [4.69, 9.17) is 0 Å². The summed E-state index contributed by atoms with van der Waals surface area (Å²) in [6.45, 7) is 18.4. The monoisotopic (exact) mass is 794 g/mol. The molecule has 0 aromatic heterocycles. The third-order valence-corrected chi connectivity index (χ3v) is 14.3. The summed E-state index contributed by atoms with van der Waals surface area (Å²) >= 11 is 0. The van der Waals surface area contributed by atoms with Gasteiger partial charge in [-0.15, -0.1) is 0 Å². The molecule has 0 saturated carbocycles. The topological polar surface area (TPSA) is 0 Å². The van der Waals surface area contributed by atoms with Gasteiger partial charge >= 0.3 is 0 Å². The number of rotatable bonds is 3. The minimum Gasteiger partial charge on any atom is -0.0617 e. The van der Waals surface area contributed by atoms with E-state index in [1.807, 2.05) is 0 Å². The first kappa shape index (κ1) is 37.0. The summed E-state index contributed by atoms with van der Waals surface area (Å²) in [7, 11) is 0. The SMILES string of the molecule is Cc1cccc(C)c1-c1ccc2c3cc4c(-c5cc(C(C)(C)C)ccc5-c5ccc(C(C)(C)C)cc5)cc5c(cc6c7ccccc7c7cccc5c76)c4cc3c3cccc1c23. The molecule has 0 bridgehead atoms. The highest BCUT2D eigenvalue weighted by atomic mass is 14.3. The fourth-order valence-electron chi connectivity index (χ4n) is 11.2. The Labute approximate surface area is 364 Å². The molecule has 0 atom stereocenters. The second-order valence-corrected chi connectivity index (χ2v) is 20.2. The molecular formula is C62H50. The van der Waals surface area contributed by atoms with E-state index < -0.39 is 0 Å². The minimum atomic E-state index is -0.0250. The number of hydrogen-bond acceptors (Lipinski definition) is 0. The van der Waals surface area contributed by atoms with E-state index in [2.05, 4.69) is 213 Å². The van der Waals surface area contributed by atoms with Gasteiger partial charge in [0.25, 0.3) is 0 Å². The third-order valence-electron chi connectivity index (χ3n) is 14.3. The Bertz CT molecular complexity index is 3790. The molecule has 0 radical (unpaired) electrons. The van der Waals surface area contributed by atoms with Crippen molar-refractivity contribution in [3.05, 3.63) is 180 Å². The van der Waals surface area contributed by atoms with Crippen LogP contribution in [-0.2, 0) is 10.8 Å². The molecule has 0 aliphatic heterocycles. The van der Waals surface area contributed by atoms with Crippen LogP contribution in [0, 0.1) is 13.8 Å². The van der Waals surface area contributed by atoms with Gasteiger partial charge in [-0.05, 0) is 197 Å². The Balaban J connectivity index is 1.26. The van der Waals surface area contributed by atoms with E-state index in [9.17, 15) is 0 Å². The normalized spacial score (nSPS) is 12.8. The standard InChI is InChI=1S/C62H50/c1-35-14-11-15-36(2)58(35)47-28-29-48-52-33-54-53(49-30-39(62(6,7)8)26-27-40(49)37-22-24-38(25-23-37)61(3,4)5)32-51-46-21-12-18-43-41-16-9-10-17-42(41)57(60(43)46)34-56(51)55(54)31-50(52)45-20-13-19-44(47)59(45)48/h9-34H,1-8H3. The lowest BCUT2D eigenvalue weighted by Gasteiger charge is -2.24. The predicted molar refractivity (Wildman–Crippen MR) is 272 cm³/mol. The van der Waals surface area contributed by atoms with Crippen molar-refractivity contribution in [1.82, 2.24) is 0 Å². The molecular weight excluding hydrogens is 745 g/mol. The molecule has 12 aromatic rings. The average molecular weight is 795 g/mol. The van der Waals surface area contributed by atoms with Crippen LogP contribution in [0.15, 0.2) is 158 Å². The van der Waals surface area contributed by atoms with Crippen LogP contribution in [0.4, 0.5) is 0 Å². The average Bonchev–Trinajstić information content (AvgIpc) is 3.76. The Kier molecular flexibility index (Phi) is 7.70. The van der Waals surface area contributed by atoms with Crippen LogP contribution >= 0.6 is 0 Å². The van der Waals surface area contributed by atoms with Crippen molar-refractivity contribution in [2.24, 2.45) is 0 Å². The minimum absolute atomic E-state index is 0.0250. The first-order chi connectivity index (χ1) is 29.8. The summed E-state index contributed by atoms with van der Waals surface area (Å²) in [5.74, 6) is 0. The molecule has 0 fully saturated rings. The van der Waals surface area contributed by atoms with Crippen molar-refractivity contribution in [2.45, 2.75) is 66.2 Å². The van der Waals surface area contributed by atoms with Gasteiger partial charge in [-0.25, -0.2) is 0 Å². The molecule has 0 unspecified atom stereocenters. The zero-order valence-corrected chi connectivity index (χ0v) is 37.0. The van der Waals surface area contributed by atoms with Gasteiger partial charge in [0.15, 0.2) is 0 Å². The lowest BCUT2D eigenvalue weighted by molar-refractivity contribution is 0.590. The van der Waals surface area contributed by atoms with E-state index in [1.165, 1.54) is 142 Å². The lowest BCUT2D eigenvalue weighted by atomic mass is 9.80. The number of aryl methyl sites for hydroxylation is 2. The molecule has 298 valence electrons. The Morgan fingerprint density at radius 1 is 0.274 bits per heavy atom. The molecule has 62 heavy (non-hydrogen) atoms. The molecule has 0 saturated heterocycles. The van der Waals surface area contributed by atoms with Crippen molar-refractivity contribution >= 4 is 86.2 Å². The largest absolute Gasteiger partial charge is 0.0617 e. The number of benzene rings is 10. The second-order valence-electron chi connectivity index (χ2n) is 20.2. The van der Waals surface area contributed by atoms with Gasteiger partial charge in [0.1, 0.15) is 0 Å². The summed E-state index contributed by atoms with van der Waals surface area (Å²) in [6, 6.07) is 61.1. The van der Waals surface area contributed by atoms with Crippen molar-refractivity contribution in [3.8, 4) is 33.4 Å². The van der Waals surface area contributed by atoms with Gasteiger partial charge in [0.05, 0.1) is 0 Å². The maximum atomic E-state index is 2.55. The van der Waals surface area contributed by atoms with Gasteiger partial charge < -0.3 is 0 Å². The van der Waals surface area contributed by atoms with Gasteiger partial charge in [-0.2, -0.15) is 0 Å². The Hall–Kier alpha value is -6.76. The van der Waals surface area contributed by atoms with Crippen molar-refractivity contribution in [3.63, 3.8) is 0 Å². The van der Waals surface area contributed by atoms with Gasteiger partial charge in [-0.3, -0.25) is 0 Å². The van der Waals surface area contributed by atoms with Crippen LogP contribution in [0.3, 0.4) is 0 Å². The summed E-state index contributed by atoms with van der Waals surface area (Å²) < 4.78 is 0. The molecule has 0 amide bonds. The van der Waals surface area contributed by atoms with E-state index >= 15 is 0 Å². The van der Waals surface area contributed by atoms with Gasteiger partial charge in [0.2, 0.25) is 0 Å². The first-order valence-corrected chi connectivity index (χ1v) is 22.3. The highest BCUT2D eigenvalue weighted by Crippen LogP contribution is 2.50. The molecule has 0 aliphatic carbocycles. The van der Waals surface area contributed by atoms with Crippen molar-refractivity contribution in [2.75, 3.05) is 0 Å². The third kappa shape index (κ3) is 5.26. The summed E-state index contributed by atoms with van der Waals surface area (Å²) in [5.41, 5.74) is 13.1. The maximum absolute atomic E-state index is 2.55. The fraction of sp³-hybridized carbons (Fsp3) is 0.161. The van der Waals surface area contributed by atoms with E-state index in [0.717, 1.165) is 0 Å². The highest BCUT2D eigenvalue weighted by molar-refractivity contribution is 6.39. The summed E-state index contributed by atoms with van der Waals surface area (Å²) in [5, 5.41) is 21.2.